The molecule has 2 aliphatic rings. The molecule has 3 heterocycles. The Bertz CT molecular complexity index is 633. The second kappa shape index (κ2) is 8.98. The van der Waals surface area contributed by atoms with Crippen LogP contribution in [0.5, 0.6) is 0 Å². The lowest BCUT2D eigenvalue weighted by Crippen LogP contribution is -2.45. The van der Waals surface area contributed by atoms with Crippen molar-refractivity contribution in [3.8, 4) is 0 Å². The molecule has 0 spiro atoms. The third-order valence-electron chi connectivity index (χ3n) is 5.26. The SMILES string of the molecule is N=C(C(=O)NC1CCNCC1)c1ccc(N2CCCCCCC2)nc1N. The van der Waals surface area contributed by atoms with Crippen LogP contribution >= 0.6 is 0 Å². The lowest BCUT2D eigenvalue weighted by atomic mass is 10.1. The van der Waals surface area contributed by atoms with Gasteiger partial charge in [-0.25, -0.2) is 4.98 Å². The minimum absolute atomic E-state index is 0.104. The van der Waals surface area contributed by atoms with Gasteiger partial charge in [0.1, 0.15) is 17.3 Å². The van der Waals surface area contributed by atoms with Gasteiger partial charge in [-0.2, -0.15) is 0 Å². The van der Waals surface area contributed by atoms with Crippen LogP contribution in [0.25, 0.3) is 0 Å². The molecule has 3 rings (SSSR count). The van der Waals surface area contributed by atoms with Gasteiger partial charge in [0.15, 0.2) is 0 Å². The third-order valence-corrected chi connectivity index (χ3v) is 5.26. The van der Waals surface area contributed by atoms with Crippen molar-refractivity contribution in [2.45, 2.75) is 51.0 Å². The van der Waals surface area contributed by atoms with Crippen LogP contribution in [0.4, 0.5) is 11.6 Å². The van der Waals surface area contributed by atoms with Gasteiger partial charge < -0.3 is 21.3 Å². The Morgan fingerprint density at radius 3 is 2.46 bits per heavy atom. The molecule has 0 radical (unpaired) electrons. The minimum atomic E-state index is -0.371. The third kappa shape index (κ3) is 4.72. The number of carbonyl (C=O) groups excluding carboxylic acids is 1. The van der Waals surface area contributed by atoms with E-state index in [2.05, 4.69) is 20.5 Å². The van der Waals surface area contributed by atoms with Crippen LogP contribution in [0.2, 0.25) is 0 Å². The number of hydrogen-bond donors (Lipinski definition) is 4. The molecule has 0 saturated carbocycles. The highest BCUT2D eigenvalue weighted by Crippen LogP contribution is 2.21. The summed E-state index contributed by atoms with van der Waals surface area (Å²) in [6.45, 7) is 3.76. The second-order valence-electron chi connectivity index (χ2n) is 7.23. The maximum atomic E-state index is 12.4. The van der Waals surface area contributed by atoms with Crippen molar-refractivity contribution in [1.82, 2.24) is 15.6 Å². The van der Waals surface area contributed by atoms with E-state index < -0.39 is 0 Å². The average molecular weight is 358 g/mol. The van der Waals surface area contributed by atoms with E-state index in [1.165, 1.54) is 19.3 Å². The molecule has 26 heavy (non-hydrogen) atoms. The second-order valence-corrected chi connectivity index (χ2v) is 7.23. The Kier molecular flexibility index (Phi) is 6.44. The quantitative estimate of drug-likeness (QED) is 0.613. The number of aromatic nitrogens is 1. The number of nitrogens with one attached hydrogen (secondary N) is 3. The summed E-state index contributed by atoms with van der Waals surface area (Å²) in [6, 6.07) is 3.78. The van der Waals surface area contributed by atoms with Gasteiger partial charge in [0.05, 0.1) is 0 Å². The maximum absolute atomic E-state index is 12.4. The number of nitrogen functional groups attached to an aromatic ring is 1. The van der Waals surface area contributed by atoms with Crippen molar-refractivity contribution in [1.29, 1.82) is 5.41 Å². The Labute approximate surface area is 155 Å². The summed E-state index contributed by atoms with van der Waals surface area (Å²) < 4.78 is 0. The fourth-order valence-corrected chi connectivity index (χ4v) is 3.67. The van der Waals surface area contributed by atoms with Crippen LogP contribution in [0.3, 0.4) is 0 Å². The molecule has 2 fully saturated rings. The molecule has 0 aromatic carbocycles. The van der Waals surface area contributed by atoms with Crippen LogP contribution in [0.1, 0.15) is 50.5 Å². The fourth-order valence-electron chi connectivity index (χ4n) is 3.67. The van der Waals surface area contributed by atoms with Crippen LogP contribution in [0.15, 0.2) is 12.1 Å². The molecule has 7 nitrogen and oxygen atoms in total. The van der Waals surface area contributed by atoms with Crippen molar-refractivity contribution >= 4 is 23.3 Å². The van der Waals surface area contributed by atoms with E-state index in [0.717, 1.165) is 57.7 Å². The van der Waals surface area contributed by atoms with Gasteiger partial charge in [-0.1, -0.05) is 19.3 Å². The number of nitrogens with two attached hydrogens (primary N) is 1. The van der Waals surface area contributed by atoms with Gasteiger partial charge in [0.2, 0.25) is 0 Å². The molecule has 1 aromatic rings. The first-order valence-corrected chi connectivity index (χ1v) is 9.77. The van der Waals surface area contributed by atoms with Crippen molar-refractivity contribution in [2.24, 2.45) is 0 Å². The van der Waals surface area contributed by atoms with E-state index in [-0.39, 0.29) is 23.5 Å². The molecule has 0 bridgehead atoms. The summed E-state index contributed by atoms with van der Waals surface area (Å²) in [5.41, 5.74) is 6.41. The monoisotopic (exact) mass is 358 g/mol. The van der Waals surface area contributed by atoms with Crippen molar-refractivity contribution in [3.05, 3.63) is 17.7 Å². The summed E-state index contributed by atoms with van der Waals surface area (Å²) in [4.78, 5) is 19.1. The first-order valence-electron chi connectivity index (χ1n) is 9.77. The van der Waals surface area contributed by atoms with Gasteiger partial charge in [-0.3, -0.25) is 10.2 Å². The zero-order valence-electron chi connectivity index (χ0n) is 15.4. The van der Waals surface area contributed by atoms with Crippen LogP contribution in [0, 0.1) is 5.41 Å². The lowest BCUT2D eigenvalue weighted by Gasteiger charge is -2.26. The van der Waals surface area contributed by atoms with Crippen molar-refractivity contribution < 1.29 is 4.79 Å². The summed E-state index contributed by atoms with van der Waals surface area (Å²) >= 11 is 0. The molecule has 0 aliphatic carbocycles. The molecule has 142 valence electrons. The standard InChI is InChI=1S/C19H30N6O/c20-17(19(26)23-14-8-10-22-11-9-14)15-6-7-16(24-18(15)21)25-12-4-2-1-3-5-13-25/h6-7,14,20,22H,1-5,8-13H2,(H2,21,24)(H,23,26). The Hall–Kier alpha value is -2.15. The van der Waals surface area contributed by atoms with E-state index >= 15 is 0 Å². The number of rotatable bonds is 4. The lowest BCUT2D eigenvalue weighted by molar-refractivity contribution is -0.115. The predicted molar refractivity (Wildman–Crippen MR) is 105 cm³/mol. The molecule has 5 N–H and O–H groups in total. The smallest absolute Gasteiger partial charge is 0.270 e. The topological polar surface area (TPSA) is 107 Å². The van der Waals surface area contributed by atoms with Crippen LogP contribution in [-0.2, 0) is 4.79 Å². The number of pyridine rings is 1. The summed E-state index contributed by atoms with van der Waals surface area (Å²) in [6.07, 6.45) is 7.93. The van der Waals surface area contributed by atoms with Crippen molar-refractivity contribution in [2.75, 3.05) is 36.8 Å². The van der Waals surface area contributed by atoms with Crippen LogP contribution < -0.4 is 21.3 Å². The summed E-state index contributed by atoms with van der Waals surface area (Å²) in [5.74, 6) is 0.735. The number of anilines is 2. The fraction of sp³-hybridized carbons (Fsp3) is 0.632. The number of nitrogens with zero attached hydrogens (tertiary/aromatic N) is 2. The molecule has 2 aliphatic heterocycles. The predicted octanol–water partition coefficient (Wildman–Crippen LogP) is 1.67. The van der Waals surface area contributed by atoms with E-state index in [1.807, 2.05) is 6.07 Å². The highest BCUT2D eigenvalue weighted by atomic mass is 16.1. The molecule has 1 amide bonds. The zero-order chi connectivity index (χ0) is 18.4. The molecule has 0 atom stereocenters. The Morgan fingerprint density at radius 2 is 1.81 bits per heavy atom. The van der Waals surface area contributed by atoms with Gasteiger partial charge in [-0.05, 0) is 50.9 Å². The summed E-state index contributed by atoms with van der Waals surface area (Å²) in [7, 11) is 0. The number of amides is 1. The first kappa shape index (κ1) is 18.6. The van der Waals surface area contributed by atoms with E-state index in [9.17, 15) is 4.79 Å². The minimum Gasteiger partial charge on any atom is -0.383 e. The number of piperidine rings is 1. The maximum Gasteiger partial charge on any atom is 0.270 e. The number of hydrogen-bond acceptors (Lipinski definition) is 6. The first-order chi connectivity index (χ1) is 12.6. The molecule has 7 heteroatoms. The highest BCUT2D eigenvalue weighted by molar-refractivity contribution is 6.45. The molecular formula is C19H30N6O. The largest absolute Gasteiger partial charge is 0.383 e. The van der Waals surface area contributed by atoms with Crippen LogP contribution in [-0.4, -0.2) is 48.8 Å². The Balaban J connectivity index is 1.65. The van der Waals surface area contributed by atoms with Gasteiger partial charge >= 0.3 is 0 Å². The number of carbonyl (C=O) groups is 1. The normalized spacial score (nSPS) is 19.5. The molecule has 2 saturated heterocycles. The van der Waals surface area contributed by atoms with E-state index in [0.29, 0.717) is 5.56 Å². The molecule has 0 unspecified atom stereocenters. The highest BCUT2D eigenvalue weighted by Gasteiger charge is 2.21. The van der Waals surface area contributed by atoms with Crippen molar-refractivity contribution in [3.63, 3.8) is 0 Å². The van der Waals surface area contributed by atoms with Gasteiger partial charge in [0.25, 0.3) is 5.91 Å². The van der Waals surface area contributed by atoms with Gasteiger partial charge in [0, 0.05) is 24.7 Å². The van der Waals surface area contributed by atoms with E-state index in [4.69, 9.17) is 11.1 Å². The van der Waals surface area contributed by atoms with E-state index in [1.54, 1.807) is 6.07 Å². The average Bonchev–Trinajstić information content (AvgIpc) is 2.61. The summed E-state index contributed by atoms with van der Waals surface area (Å²) in [5, 5.41) is 14.4. The Morgan fingerprint density at radius 1 is 1.15 bits per heavy atom. The molecule has 1 aromatic heterocycles. The van der Waals surface area contributed by atoms with Gasteiger partial charge in [-0.15, -0.1) is 0 Å². The zero-order valence-corrected chi connectivity index (χ0v) is 15.4. The molecular weight excluding hydrogens is 328 g/mol.